The summed E-state index contributed by atoms with van der Waals surface area (Å²) in [5.74, 6) is -0.359. The Morgan fingerprint density at radius 2 is 1.19 bits per heavy atom. The van der Waals surface area contributed by atoms with Crippen molar-refractivity contribution in [2.24, 2.45) is 7.05 Å². The number of rotatable bonds is 6. The first-order valence-electron chi connectivity index (χ1n) is 9.91. The van der Waals surface area contributed by atoms with E-state index in [1.807, 2.05) is 6.07 Å². The molecule has 0 aliphatic carbocycles. The normalized spacial score (nSPS) is 10.4. The van der Waals surface area contributed by atoms with Gasteiger partial charge in [0.25, 0.3) is 11.8 Å². The third-order valence-electron chi connectivity index (χ3n) is 4.87. The molecule has 0 aliphatic heterocycles. The highest BCUT2D eigenvalue weighted by atomic mass is 16.2. The van der Waals surface area contributed by atoms with Crippen molar-refractivity contribution in [2.75, 3.05) is 10.6 Å². The van der Waals surface area contributed by atoms with Crippen LogP contribution < -0.4 is 10.6 Å². The van der Waals surface area contributed by atoms with Gasteiger partial charge >= 0.3 is 0 Å². The average molecular weight is 424 g/mol. The highest BCUT2D eigenvalue weighted by molar-refractivity contribution is 6.08. The van der Waals surface area contributed by atoms with Crippen LogP contribution in [0, 0.1) is 0 Å². The molecule has 0 radical (unpaired) electrons. The molecule has 2 N–H and O–H groups in total. The van der Waals surface area contributed by atoms with Crippen molar-refractivity contribution in [3.63, 3.8) is 0 Å². The Labute approximate surface area is 184 Å². The number of nitrogens with zero attached hydrogens (tertiary/aromatic N) is 2. The van der Waals surface area contributed by atoms with Gasteiger partial charge in [0.15, 0.2) is 5.82 Å². The monoisotopic (exact) mass is 424 g/mol. The van der Waals surface area contributed by atoms with Crippen LogP contribution in [0.5, 0.6) is 0 Å². The van der Waals surface area contributed by atoms with Gasteiger partial charge in [0.1, 0.15) is 0 Å². The molecule has 0 bridgehead atoms. The van der Waals surface area contributed by atoms with Crippen molar-refractivity contribution >= 4 is 29.0 Å². The fourth-order valence-corrected chi connectivity index (χ4v) is 3.12. The van der Waals surface area contributed by atoms with E-state index in [-0.39, 0.29) is 17.6 Å². The van der Waals surface area contributed by atoms with E-state index in [1.165, 1.54) is 0 Å². The molecule has 1 heterocycles. The third kappa shape index (κ3) is 4.62. The Hall–Kier alpha value is -4.52. The number of imidazole rings is 1. The van der Waals surface area contributed by atoms with Crippen LogP contribution >= 0.6 is 0 Å². The van der Waals surface area contributed by atoms with Crippen LogP contribution in [0.2, 0.25) is 0 Å². The molecule has 2 amide bonds. The molecule has 7 heteroatoms. The fourth-order valence-electron chi connectivity index (χ4n) is 3.12. The zero-order chi connectivity index (χ0) is 22.5. The summed E-state index contributed by atoms with van der Waals surface area (Å²) in [6, 6.07) is 22.1. The molecule has 7 nitrogen and oxygen atoms in total. The van der Waals surface area contributed by atoms with Gasteiger partial charge in [-0.05, 0) is 60.7 Å². The summed E-state index contributed by atoms with van der Waals surface area (Å²) in [5, 5.41) is 5.60. The number of hydrogen-bond acceptors (Lipinski definition) is 4. The average Bonchev–Trinajstić information content (AvgIpc) is 3.26. The van der Waals surface area contributed by atoms with Crippen LogP contribution in [0.15, 0.2) is 91.3 Å². The number of amides is 2. The zero-order valence-electron chi connectivity index (χ0n) is 17.3. The molecule has 32 heavy (non-hydrogen) atoms. The van der Waals surface area contributed by atoms with Crippen LogP contribution in [0.1, 0.15) is 36.9 Å². The Morgan fingerprint density at radius 3 is 1.69 bits per heavy atom. The second-order valence-corrected chi connectivity index (χ2v) is 7.12. The van der Waals surface area contributed by atoms with E-state index in [9.17, 15) is 14.4 Å². The summed E-state index contributed by atoms with van der Waals surface area (Å²) < 4.78 is 1.66. The first kappa shape index (κ1) is 20.7. The first-order valence-corrected chi connectivity index (χ1v) is 9.91. The minimum Gasteiger partial charge on any atom is -0.331 e. The highest BCUT2D eigenvalue weighted by Crippen LogP contribution is 2.16. The largest absolute Gasteiger partial charge is 0.331 e. The van der Waals surface area contributed by atoms with Gasteiger partial charge in [-0.1, -0.05) is 18.2 Å². The Kier molecular flexibility index (Phi) is 5.89. The van der Waals surface area contributed by atoms with Crippen molar-refractivity contribution in [3.8, 4) is 0 Å². The van der Waals surface area contributed by atoms with Gasteiger partial charge in [0.05, 0.1) is 0 Å². The predicted molar refractivity (Wildman–Crippen MR) is 122 cm³/mol. The van der Waals surface area contributed by atoms with E-state index in [2.05, 4.69) is 15.6 Å². The van der Waals surface area contributed by atoms with Crippen LogP contribution in [0.25, 0.3) is 0 Å². The second-order valence-electron chi connectivity index (χ2n) is 7.12. The number of nitrogens with one attached hydrogen (secondary N) is 2. The van der Waals surface area contributed by atoms with E-state index < -0.39 is 0 Å². The third-order valence-corrected chi connectivity index (χ3v) is 4.87. The highest BCUT2D eigenvalue weighted by Gasteiger charge is 2.14. The van der Waals surface area contributed by atoms with Crippen LogP contribution in [-0.4, -0.2) is 27.1 Å². The number of hydrogen-bond donors (Lipinski definition) is 2. The van der Waals surface area contributed by atoms with Gasteiger partial charge in [0, 0.05) is 47.5 Å². The minimum absolute atomic E-state index is 0.191. The summed E-state index contributed by atoms with van der Waals surface area (Å²) in [5.41, 5.74) is 2.63. The van der Waals surface area contributed by atoms with E-state index in [1.54, 1.807) is 96.8 Å². The number of anilines is 2. The Balaban J connectivity index is 1.38. The molecule has 0 atom stereocenters. The molecule has 158 valence electrons. The molecule has 0 fully saturated rings. The van der Waals surface area contributed by atoms with Crippen molar-refractivity contribution < 1.29 is 14.4 Å². The maximum atomic E-state index is 12.5. The zero-order valence-corrected chi connectivity index (χ0v) is 17.3. The molecule has 3 aromatic carbocycles. The Bertz CT molecular complexity index is 1260. The molecule has 4 aromatic rings. The second kappa shape index (κ2) is 9.09. The summed E-state index contributed by atoms with van der Waals surface area (Å²) in [6.45, 7) is 0. The van der Waals surface area contributed by atoms with Crippen molar-refractivity contribution in [3.05, 3.63) is 114 Å². The van der Waals surface area contributed by atoms with Gasteiger partial charge in [-0.25, -0.2) is 4.98 Å². The summed E-state index contributed by atoms with van der Waals surface area (Å²) in [4.78, 5) is 41.3. The summed E-state index contributed by atoms with van der Waals surface area (Å²) >= 11 is 0. The smallest absolute Gasteiger partial charge is 0.255 e. The van der Waals surface area contributed by atoms with Crippen LogP contribution in [-0.2, 0) is 7.05 Å². The van der Waals surface area contributed by atoms with Crippen molar-refractivity contribution in [2.45, 2.75) is 0 Å². The number of ketones is 1. The predicted octanol–water partition coefficient (Wildman–Crippen LogP) is 4.16. The van der Waals surface area contributed by atoms with Gasteiger partial charge < -0.3 is 15.2 Å². The molecule has 0 aliphatic rings. The standard InChI is InChI=1S/C25H20N4O3/c1-29-16-15-26-23(29)22(30)17-7-11-20(12-8-17)28-25(32)19-9-13-21(14-10-19)27-24(31)18-5-3-2-4-6-18/h2-16H,1H3,(H,27,31)(H,28,32). The lowest BCUT2D eigenvalue weighted by atomic mass is 10.1. The molecule has 0 spiro atoms. The first-order chi connectivity index (χ1) is 15.5. The topological polar surface area (TPSA) is 93.1 Å². The maximum absolute atomic E-state index is 12.5. The fraction of sp³-hybridized carbons (Fsp3) is 0.0400. The van der Waals surface area contributed by atoms with Crippen LogP contribution in [0.3, 0.4) is 0 Å². The molecule has 1 aromatic heterocycles. The van der Waals surface area contributed by atoms with Gasteiger partial charge in [-0.3, -0.25) is 14.4 Å². The van der Waals surface area contributed by atoms with E-state index in [0.29, 0.717) is 33.9 Å². The van der Waals surface area contributed by atoms with Gasteiger partial charge in [-0.2, -0.15) is 0 Å². The van der Waals surface area contributed by atoms with Gasteiger partial charge in [-0.15, -0.1) is 0 Å². The summed E-state index contributed by atoms with van der Waals surface area (Å²) in [7, 11) is 1.76. The number of benzene rings is 3. The number of aryl methyl sites for hydroxylation is 1. The van der Waals surface area contributed by atoms with Crippen LogP contribution in [0.4, 0.5) is 11.4 Å². The van der Waals surface area contributed by atoms with Crippen molar-refractivity contribution in [1.82, 2.24) is 9.55 Å². The molecular weight excluding hydrogens is 404 g/mol. The molecule has 0 saturated heterocycles. The molecule has 0 unspecified atom stereocenters. The van der Waals surface area contributed by atoms with E-state index in [4.69, 9.17) is 0 Å². The SMILES string of the molecule is Cn1ccnc1C(=O)c1ccc(NC(=O)c2ccc(NC(=O)c3ccccc3)cc2)cc1. The molecule has 4 rings (SSSR count). The van der Waals surface area contributed by atoms with Crippen molar-refractivity contribution in [1.29, 1.82) is 0 Å². The lowest BCUT2D eigenvalue weighted by Crippen LogP contribution is -2.14. The van der Waals surface area contributed by atoms with E-state index in [0.717, 1.165) is 0 Å². The number of carbonyl (C=O) groups excluding carboxylic acids is 3. The molecule has 0 saturated carbocycles. The lowest BCUT2D eigenvalue weighted by molar-refractivity contribution is 0.101. The number of aromatic nitrogens is 2. The van der Waals surface area contributed by atoms with Gasteiger partial charge in [0.2, 0.25) is 5.78 Å². The number of carbonyl (C=O) groups is 3. The quantitative estimate of drug-likeness (QED) is 0.455. The Morgan fingerprint density at radius 1 is 0.688 bits per heavy atom. The lowest BCUT2D eigenvalue weighted by Gasteiger charge is -2.08. The van der Waals surface area contributed by atoms with E-state index >= 15 is 0 Å². The minimum atomic E-state index is -0.297. The maximum Gasteiger partial charge on any atom is 0.255 e. The summed E-state index contributed by atoms with van der Waals surface area (Å²) in [6.07, 6.45) is 3.28. The molecular formula is C25H20N4O3.